The zero-order valence-electron chi connectivity index (χ0n) is 20.0. The molecule has 0 spiro atoms. The summed E-state index contributed by atoms with van der Waals surface area (Å²) in [6.07, 6.45) is 5.56. The molecule has 2 aromatic carbocycles. The molecule has 0 bridgehead atoms. The van der Waals surface area contributed by atoms with E-state index in [4.69, 9.17) is 9.47 Å². The van der Waals surface area contributed by atoms with Crippen molar-refractivity contribution in [1.82, 2.24) is 0 Å². The summed E-state index contributed by atoms with van der Waals surface area (Å²) < 4.78 is 12.0. The van der Waals surface area contributed by atoms with Crippen LogP contribution < -0.4 is 9.47 Å². The molecule has 0 amide bonds. The van der Waals surface area contributed by atoms with Crippen LogP contribution >= 0.6 is 15.9 Å². The van der Waals surface area contributed by atoms with E-state index in [0.717, 1.165) is 47.6 Å². The Labute approximate surface area is 209 Å². The standard InChI is InChI=1S/C27H32BrNO5/c1-4-6-7-8-9-21-25(18-10-13-20(28)14-11-18)22(17-30)26(27(21)29(31)32)19-12-15-23(34-5-2)24(16-19)33-3/h10-17,21,26-27H,4-9H2,1-3H3/t21-,26+,27+/m0/s1. The van der Waals surface area contributed by atoms with Crippen LogP contribution in [0.25, 0.3) is 5.57 Å². The molecule has 0 radical (unpaired) electrons. The van der Waals surface area contributed by atoms with Gasteiger partial charge in [0, 0.05) is 15.0 Å². The maximum atomic E-state index is 12.5. The summed E-state index contributed by atoms with van der Waals surface area (Å²) in [4.78, 5) is 24.8. The SMILES string of the molecule is CCCCCC[C@H]1C(c2ccc(Br)cc2)=C(C=O)[C@@H](c2ccc(OCC)c(OC)c2)[C@@H]1[N+](=O)[O-]. The predicted molar refractivity (Wildman–Crippen MR) is 137 cm³/mol. The van der Waals surface area contributed by atoms with Gasteiger partial charge in [-0.25, -0.2) is 0 Å². The molecule has 1 aliphatic carbocycles. The highest BCUT2D eigenvalue weighted by atomic mass is 79.9. The van der Waals surface area contributed by atoms with Crippen LogP contribution in [0.3, 0.4) is 0 Å². The van der Waals surface area contributed by atoms with E-state index in [2.05, 4.69) is 22.9 Å². The van der Waals surface area contributed by atoms with Gasteiger partial charge >= 0.3 is 0 Å². The Kier molecular flexibility index (Phi) is 9.28. The number of rotatable bonds is 12. The number of nitrogens with zero attached hydrogens (tertiary/aromatic N) is 1. The highest BCUT2D eigenvalue weighted by Crippen LogP contribution is 2.51. The van der Waals surface area contributed by atoms with Gasteiger partial charge in [0.05, 0.1) is 25.6 Å². The molecule has 0 heterocycles. The number of nitro groups is 1. The van der Waals surface area contributed by atoms with Crippen LogP contribution in [0.2, 0.25) is 0 Å². The van der Waals surface area contributed by atoms with Gasteiger partial charge in [0.25, 0.3) is 0 Å². The Morgan fingerprint density at radius 2 is 1.79 bits per heavy atom. The molecule has 0 aromatic heterocycles. The highest BCUT2D eigenvalue weighted by Gasteiger charge is 2.50. The Morgan fingerprint density at radius 1 is 1.06 bits per heavy atom. The van der Waals surface area contributed by atoms with Gasteiger partial charge in [-0.05, 0) is 54.3 Å². The minimum absolute atomic E-state index is 0.201. The summed E-state index contributed by atoms with van der Waals surface area (Å²) in [5, 5.41) is 12.5. The topological polar surface area (TPSA) is 78.7 Å². The van der Waals surface area contributed by atoms with Crippen molar-refractivity contribution in [1.29, 1.82) is 0 Å². The van der Waals surface area contributed by atoms with E-state index in [-0.39, 0.29) is 10.8 Å². The largest absolute Gasteiger partial charge is 0.493 e. The van der Waals surface area contributed by atoms with E-state index in [9.17, 15) is 14.9 Å². The van der Waals surface area contributed by atoms with Crippen LogP contribution in [-0.4, -0.2) is 31.0 Å². The number of unbranched alkanes of at least 4 members (excludes halogenated alkanes) is 3. The minimum atomic E-state index is -0.928. The molecule has 2 aromatic rings. The molecule has 0 saturated carbocycles. The Morgan fingerprint density at radius 3 is 2.38 bits per heavy atom. The third-order valence-electron chi connectivity index (χ3n) is 6.51. The van der Waals surface area contributed by atoms with Crippen molar-refractivity contribution in [2.24, 2.45) is 5.92 Å². The van der Waals surface area contributed by atoms with Crippen LogP contribution in [0.5, 0.6) is 11.5 Å². The Hall–Kier alpha value is -2.67. The van der Waals surface area contributed by atoms with Gasteiger partial charge in [-0.15, -0.1) is 0 Å². The van der Waals surface area contributed by atoms with E-state index >= 15 is 0 Å². The van der Waals surface area contributed by atoms with Crippen LogP contribution in [0.4, 0.5) is 0 Å². The number of aldehydes is 1. The minimum Gasteiger partial charge on any atom is -0.493 e. The first kappa shape index (κ1) is 25.9. The van der Waals surface area contributed by atoms with Crippen molar-refractivity contribution in [3.63, 3.8) is 0 Å². The summed E-state index contributed by atoms with van der Waals surface area (Å²) in [6, 6.07) is 12.1. The van der Waals surface area contributed by atoms with Crippen LogP contribution in [-0.2, 0) is 4.79 Å². The quantitative estimate of drug-likeness (QED) is 0.130. The summed E-state index contributed by atoms with van der Waals surface area (Å²) in [7, 11) is 1.54. The molecule has 34 heavy (non-hydrogen) atoms. The van der Waals surface area contributed by atoms with Gasteiger partial charge in [0.15, 0.2) is 11.5 Å². The molecule has 7 heteroatoms. The van der Waals surface area contributed by atoms with Crippen LogP contribution in [0.1, 0.15) is 63.0 Å². The number of hydrogen-bond acceptors (Lipinski definition) is 5. The Balaban J connectivity index is 2.15. The molecule has 0 fully saturated rings. The predicted octanol–water partition coefficient (Wildman–Crippen LogP) is 6.84. The first-order valence-electron chi connectivity index (χ1n) is 11.9. The highest BCUT2D eigenvalue weighted by molar-refractivity contribution is 9.10. The normalized spacial score (nSPS) is 19.8. The number of methoxy groups -OCH3 is 1. The molecule has 0 saturated heterocycles. The van der Waals surface area contributed by atoms with Crippen molar-refractivity contribution in [3.05, 3.63) is 73.8 Å². The summed E-state index contributed by atoms with van der Waals surface area (Å²) in [6.45, 7) is 4.50. The third kappa shape index (κ3) is 5.52. The van der Waals surface area contributed by atoms with Gasteiger partial charge < -0.3 is 9.47 Å². The molecular weight excluding hydrogens is 498 g/mol. The lowest BCUT2D eigenvalue weighted by atomic mass is 9.84. The van der Waals surface area contributed by atoms with Crippen LogP contribution in [0, 0.1) is 16.0 Å². The van der Waals surface area contributed by atoms with Gasteiger partial charge in [-0.1, -0.05) is 66.7 Å². The summed E-state index contributed by atoms with van der Waals surface area (Å²) >= 11 is 3.46. The van der Waals surface area contributed by atoms with Gasteiger partial charge in [0.1, 0.15) is 6.29 Å². The molecule has 3 rings (SSSR count). The molecule has 0 aliphatic heterocycles. The number of carbonyl (C=O) groups is 1. The molecule has 6 nitrogen and oxygen atoms in total. The number of benzene rings is 2. The van der Waals surface area contributed by atoms with Crippen molar-refractivity contribution in [3.8, 4) is 11.5 Å². The maximum Gasteiger partial charge on any atom is 0.230 e. The molecule has 3 atom stereocenters. The average Bonchev–Trinajstić information content (AvgIpc) is 3.17. The zero-order valence-corrected chi connectivity index (χ0v) is 21.5. The number of ether oxygens (including phenoxy) is 2. The fourth-order valence-corrected chi connectivity index (χ4v) is 5.28. The van der Waals surface area contributed by atoms with Crippen molar-refractivity contribution in [2.45, 2.75) is 57.9 Å². The molecule has 0 unspecified atom stereocenters. The second kappa shape index (κ2) is 12.2. The van der Waals surface area contributed by atoms with E-state index in [1.807, 2.05) is 37.3 Å². The second-order valence-corrected chi connectivity index (χ2v) is 9.46. The van der Waals surface area contributed by atoms with Crippen molar-refractivity contribution >= 4 is 27.8 Å². The van der Waals surface area contributed by atoms with Crippen molar-refractivity contribution in [2.75, 3.05) is 13.7 Å². The van der Waals surface area contributed by atoms with E-state index in [1.54, 1.807) is 19.2 Å². The third-order valence-corrected chi connectivity index (χ3v) is 7.04. The lowest BCUT2D eigenvalue weighted by molar-refractivity contribution is -0.530. The van der Waals surface area contributed by atoms with Gasteiger partial charge in [-0.3, -0.25) is 14.9 Å². The monoisotopic (exact) mass is 529 g/mol. The Bertz CT molecular complexity index is 1030. The molecule has 182 valence electrons. The molecular formula is C27H32BrNO5. The zero-order chi connectivity index (χ0) is 24.7. The van der Waals surface area contributed by atoms with E-state index < -0.39 is 12.0 Å². The lowest BCUT2D eigenvalue weighted by Crippen LogP contribution is -2.31. The van der Waals surface area contributed by atoms with Gasteiger partial charge in [-0.2, -0.15) is 0 Å². The van der Waals surface area contributed by atoms with E-state index in [0.29, 0.717) is 35.7 Å². The molecule has 0 N–H and O–H groups in total. The first-order chi connectivity index (χ1) is 16.5. The van der Waals surface area contributed by atoms with Crippen molar-refractivity contribution < 1.29 is 19.2 Å². The smallest absolute Gasteiger partial charge is 0.230 e. The van der Waals surface area contributed by atoms with Gasteiger partial charge in [0.2, 0.25) is 6.04 Å². The van der Waals surface area contributed by atoms with Crippen LogP contribution in [0.15, 0.2) is 52.5 Å². The fourth-order valence-electron chi connectivity index (χ4n) is 5.02. The average molecular weight is 530 g/mol. The maximum absolute atomic E-state index is 12.5. The lowest BCUT2D eigenvalue weighted by Gasteiger charge is -2.21. The molecule has 1 aliphatic rings. The summed E-state index contributed by atoms with van der Waals surface area (Å²) in [5.41, 5.74) is 2.82. The first-order valence-corrected chi connectivity index (χ1v) is 12.6. The summed E-state index contributed by atoms with van der Waals surface area (Å²) in [5.74, 6) is 0.0660. The number of halogens is 1. The number of hydrogen-bond donors (Lipinski definition) is 0. The fraction of sp³-hybridized carbons (Fsp3) is 0.444. The van der Waals surface area contributed by atoms with E-state index in [1.165, 1.54) is 0 Å². The second-order valence-electron chi connectivity index (χ2n) is 8.55. The number of carbonyl (C=O) groups excluding carboxylic acids is 1.